The fourth-order valence-corrected chi connectivity index (χ4v) is 4.50. The normalized spacial score (nSPS) is 33.0. The number of rotatable bonds is 1. The topological polar surface area (TPSA) is 41.9 Å². The zero-order chi connectivity index (χ0) is 14.6. The van der Waals surface area contributed by atoms with E-state index < -0.39 is 0 Å². The van der Waals surface area contributed by atoms with Crippen LogP contribution in [0.5, 0.6) is 11.5 Å². The van der Waals surface area contributed by atoms with Crippen LogP contribution in [0.1, 0.15) is 36.8 Å². The Kier molecular flexibility index (Phi) is 4.16. The van der Waals surface area contributed by atoms with Gasteiger partial charge in [-0.1, -0.05) is 6.07 Å². The number of benzene rings is 1. The molecule has 1 aromatic rings. The van der Waals surface area contributed by atoms with Crippen molar-refractivity contribution in [3.05, 3.63) is 23.3 Å². The van der Waals surface area contributed by atoms with Gasteiger partial charge >= 0.3 is 0 Å². The van der Waals surface area contributed by atoms with Gasteiger partial charge in [0.2, 0.25) is 0 Å². The molecule has 2 aliphatic heterocycles. The second-order valence-corrected chi connectivity index (χ2v) is 6.81. The highest BCUT2D eigenvalue weighted by molar-refractivity contribution is 8.93. The van der Waals surface area contributed by atoms with Crippen molar-refractivity contribution >= 4 is 17.0 Å². The van der Waals surface area contributed by atoms with Gasteiger partial charge in [0.05, 0.1) is 13.2 Å². The van der Waals surface area contributed by atoms with Crippen molar-refractivity contribution in [2.75, 3.05) is 20.7 Å². The van der Waals surface area contributed by atoms with E-state index in [1.54, 1.807) is 7.11 Å². The maximum absolute atomic E-state index is 10.1. The van der Waals surface area contributed by atoms with Crippen LogP contribution in [-0.4, -0.2) is 42.9 Å². The summed E-state index contributed by atoms with van der Waals surface area (Å²) < 4.78 is 11.8. The smallest absolute Gasteiger partial charge is 0.165 e. The minimum atomic E-state index is -0.231. The molecule has 5 heteroatoms. The van der Waals surface area contributed by atoms with Gasteiger partial charge in [-0.05, 0) is 44.5 Å². The van der Waals surface area contributed by atoms with Crippen LogP contribution >= 0.6 is 17.0 Å². The number of halogens is 1. The summed E-state index contributed by atoms with van der Waals surface area (Å²) in [6.07, 6.45) is 3.59. The lowest BCUT2D eigenvalue weighted by molar-refractivity contribution is 0.0120. The van der Waals surface area contributed by atoms with Crippen molar-refractivity contribution in [2.45, 2.75) is 49.9 Å². The minimum absolute atomic E-state index is 0. The maximum Gasteiger partial charge on any atom is 0.165 e. The molecule has 0 radical (unpaired) electrons. The number of nitrogens with zero attached hydrogens (tertiary/aromatic N) is 1. The van der Waals surface area contributed by atoms with Crippen LogP contribution in [0, 0.1) is 0 Å². The monoisotopic (exact) mass is 369 g/mol. The summed E-state index contributed by atoms with van der Waals surface area (Å²) in [6.45, 7) is 2.04. The van der Waals surface area contributed by atoms with Gasteiger partial charge in [-0.15, -0.1) is 17.0 Å². The first kappa shape index (κ1) is 16.1. The molecule has 3 aliphatic rings. The first-order valence-corrected chi connectivity index (χ1v) is 7.87. The second kappa shape index (κ2) is 5.69. The van der Waals surface area contributed by atoms with E-state index >= 15 is 0 Å². The van der Waals surface area contributed by atoms with Gasteiger partial charge in [0.1, 0.15) is 6.10 Å². The number of hydrogen-bond acceptors (Lipinski definition) is 4. The summed E-state index contributed by atoms with van der Waals surface area (Å²) in [7, 11) is 3.88. The highest BCUT2D eigenvalue weighted by atomic mass is 79.9. The Labute approximate surface area is 142 Å². The summed E-state index contributed by atoms with van der Waals surface area (Å²) in [4.78, 5) is 2.39. The molecule has 4 rings (SSSR count). The van der Waals surface area contributed by atoms with Crippen molar-refractivity contribution in [1.82, 2.24) is 4.90 Å². The third-order valence-corrected chi connectivity index (χ3v) is 5.59. The number of hydrogen-bond donors (Lipinski definition) is 1. The predicted octanol–water partition coefficient (Wildman–Crippen LogP) is 2.65. The largest absolute Gasteiger partial charge is 0.493 e. The lowest BCUT2D eigenvalue weighted by Gasteiger charge is -2.40. The van der Waals surface area contributed by atoms with Gasteiger partial charge in [-0.2, -0.15) is 0 Å². The molecule has 2 heterocycles. The Bertz CT molecular complexity index is 579. The van der Waals surface area contributed by atoms with E-state index in [0.717, 1.165) is 50.3 Å². The van der Waals surface area contributed by atoms with Crippen molar-refractivity contribution in [3.63, 3.8) is 0 Å². The third-order valence-electron chi connectivity index (χ3n) is 5.59. The number of ether oxygens (including phenoxy) is 2. The number of aliphatic hydroxyl groups is 1. The highest BCUT2D eigenvalue weighted by Gasteiger charge is 2.54. The summed E-state index contributed by atoms with van der Waals surface area (Å²) >= 11 is 0. The molecule has 0 unspecified atom stereocenters. The Morgan fingerprint density at radius 3 is 2.95 bits per heavy atom. The van der Waals surface area contributed by atoms with E-state index in [0.29, 0.717) is 0 Å². The molecule has 122 valence electrons. The van der Waals surface area contributed by atoms with Gasteiger partial charge in [0.25, 0.3) is 0 Å². The van der Waals surface area contributed by atoms with Crippen LogP contribution in [0.3, 0.4) is 0 Å². The Morgan fingerprint density at radius 1 is 1.36 bits per heavy atom. The van der Waals surface area contributed by atoms with E-state index in [1.807, 2.05) is 6.07 Å². The first-order valence-electron chi connectivity index (χ1n) is 7.87. The standard InChI is InChI=1S/C17H23NO3.BrH/c1-18-8-7-17-6-5-12(19)9-14(17)21-16-13(20-2)4-3-11(10-18)15(16)17;/h3-4,12,14,19H,5-10H2,1-2H3;1H/t12-,14+,17-;/m0./s1. The molecule has 1 N–H and O–H groups in total. The summed E-state index contributed by atoms with van der Waals surface area (Å²) in [5.74, 6) is 1.77. The van der Waals surface area contributed by atoms with Crippen LogP contribution in [-0.2, 0) is 12.0 Å². The average molecular weight is 370 g/mol. The highest BCUT2D eigenvalue weighted by Crippen LogP contribution is 2.57. The molecule has 1 fully saturated rings. The number of methoxy groups -OCH3 is 1. The van der Waals surface area contributed by atoms with Gasteiger partial charge in [-0.25, -0.2) is 0 Å². The van der Waals surface area contributed by atoms with E-state index in [2.05, 4.69) is 18.0 Å². The van der Waals surface area contributed by atoms with Gasteiger partial charge in [0, 0.05) is 23.9 Å². The Balaban J connectivity index is 0.00000144. The van der Waals surface area contributed by atoms with E-state index in [-0.39, 0.29) is 34.6 Å². The van der Waals surface area contributed by atoms with Gasteiger partial charge in [0.15, 0.2) is 11.5 Å². The summed E-state index contributed by atoms with van der Waals surface area (Å²) in [5, 5.41) is 10.1. The molecular formula is C17H24BrNO3. The molecule has 0 aromatic heterocycles. The molecule has 1 aliphatic carbocycles. The van der Waals surface area contributed by atoms with Crippen LogP contribution in [0.2, 0.25) is 0 Å². The van der Waals surface area contributed by atoms with Gasteiger partial charge in [-0.3, -0.25) is 0 Å². The lowest BCUT2D eigenvalue weighted by atomic mass is 9.65. The molecule has 1 saturated carbocycles. The average Bonchev–Trinajstić information content (AvgIpc) is 2.72. The molecule has 0 amide bonds. The van der Waals surface area contributed by atoms with Crippen molar-refractivity contribution in [1.29, 1.82) is 0 Å². The lowest BCUT2D eigenvalue weighted by Crippen LogP contribution is -2.45. The molecule has 22 heavy (non-hydrogen) atoms. The Hall–Kier alpha value is -0.780. The van der Waals surface area contributed by atoms with Crippen LogP contribution in [0.25, 0.3) is 0 Å². The second-order valence-electron chi connectivity index (χ2n) is 6.81. The van der Waals surface area contributed by atoms with Crippen molar-refractivity contribution in [3.8, 4) is 11.5 Å². The SMILES string of the molecule is Br.COc1ccc2c3c1O[C@@H]1C[C@@H](O)CC[C@@]31CCN(C)C2. The molecule has 4 nitrogen and oxygen atoms in total. The molecule has 0 saturated heterocycles. The van der Waals surface area contributed by atoms with Crippen LogP contribution in [0.15, 0.2) is 12.1 Å². The fourth-order valence-electron chi connectivity index (χ4n) is 4.50. The molecule has 1 spiro atoms. The molecule has 0 bridgehead atoms. The zero-order valence-corrected chi connectivity index (χ0v) is 14.9. The molecule has 3 atom stereocenters. The fraction of sp³-hybridized carbons (Fsp3) is 0.647. The van der Waals surface area contributed by atoms with Crippen LogP contribution < -0.4 is 9.47 Å². The van der Waals surface area contributed by atoms with Crippen molar-refractivity contribution < 1.29 is 14.6 Å². The summed E-state index contributed by atoms with van der Waals surface area (Å²) in [6, 6.07) is 4.22. The van der Waals surface area contributed by atoms with E-state index in [4.69, 9.17) is 9.47 Å². The Morgan fingerprint density at radius 2 is 2.18 bits per heavy atom. The quantitative estimate of drug-likeness (QED) is 0.826. The van der Waals surface area contributed by atoms with Crippen molar-refractivity contribution in [2.24, 2.45) is 0 Å². The maximum atomic E-state index is 10.1. The number of aliphatic hydroxyl groups excluding tert-OH is 1. The molecular weight excluding hydrogens is 346 g/mol. The zero-order valence-electron chi connectivity index (χ0n) is 13.2. The third kappa shape index (κ3) is 2.17. The van der Waals surface area contributed by atoms with E-state index in [9.17, 15) is 5.11 Å². The predicted molar refractivity (Wildman–Crippen MR) is 90.2 cm³/mol. The van der Waals surface area contributed by atoms with Gasteiger partial charge < -0.3 is 19.5 Å². The summed E-state index contributed by atoms with van der Waals surface area (Å²) in [5.41, 5.74) is 2.80. The van der Waals surface area contributed by atoms with E-state index in [1.165, 1.54) is 11.1 Å². The minimum Gasteiger partial charge on any atom is -0.493 e. The first-order chi connectivity index (χ1) is 10.1. The van der Waals surface area contributed by atoms with Crippen LogP contribution in [0.4, 0.5) is 0 Å². The molecule has 1 aromatic carbocycles.